The molecule has 0 aliphatic rings. The monoisotopic (exact) mass is 258 g/mol. The van der Waals surface area contributed by atoms with E-state index in [1.54, 1.807) is 0 Å². The van der Waals surface area contributed by atoms with Crippen molar-refractivity contribution in [2.45, 2.75) is 19.5 Å². The summed E-state index contributed by atoms with van der Waals surface area (Å²) in [5.74, 6) is -0.331. The van der Waals surface area contributed by atoms with Gasteiger partial charge in [0.15, 0.2) is 0 Å². The molecular formula is C12H13F3N2O. The molecule has 0 unspecified atom stereocenters. The molecule has 0 aliphatic carbocycles. The third kappa shape index (κ3) is 3.58. The zero-order valence-corrected chi connectivity index (χ0v) is 10.0. The lowest BCUT2D eigenvalue weighted by Gasteiger charge is -2.17. The fraction of sp³-hybridized carbons (Fsp3) is 0.333. The molecule has 18 heavy (non-hydrogen) atoms. The van der Waals surface area contributed by atoms with E-state index in [0.717, 1.165) is 12.1 Å². The number of hydrogen-bond acceptors (Lipinski definition) is 2. The Bertz CT molecular complexity index is 451. The second-order valence-corrected chi connectivity index (χ2v) is 3.95. The third-order valence-electron chi connectivity index (χ3n) is 2.37. The summed E-state index contributed by atoms with van der Waals surface area (Å²) in [6, 6.07) is 4.33. The number of nitrogens with one attached hydrogen (secondary N) is 1. The zero-order valence-electron chi connectivity index (χ0n) is 10.0. The molecule has 0 atom stereocenters. The van der Waals surface area contributed by atoms with Crippen molar-refractivity contribution in [1.82, 2.24) is 0 Å². The summed E-state index contributed by atoms with van der Waals surface area (Å²) >= 11 is 0. The fourth-order valence-corrected chi connectivity index (χ4v) is 1.36. The van der Waals surface area contributed by atoms with Gasteiger partial charge in [-0.1, -0.05) is 0 Å². The molecule has 0 saturated carbocycles. The third-order valence-corrected chi connectivity index (χ3v) is 2.37. The van der Waals surface area contributed by atoms with Crippen molar-refractivity contribution < 1.29 is 18.0 Å². The molecule has 1 aromatic carbocycles. The molecule has 0 fully saturated rings. The number of anilines is 1. The van der Waals surface area contributed by atoms with Crippen LogP contribution in [0.25, 0.3) is 0 Å². The van der Waals surface area contributed by atoms with Gasteiger partial charge >= 0.3 is 6.18 Å². The van der Waals surface area contributed by atoms with Gasteiger partial charge in [0.25, 0.3) is 0 Å². The summed E-state index contributed by atoms with van der Waals surface area (Å²) in [6.45, 7) is 1.50. The van der Waals surface area contributed by atoms with E-state index in [-0.39, 0.29) is 18.0 Å². The summed E-state index contributed by atoms with van der Waals surface area (Å²) in [7, 11) is 1.47. The van der Waals surface area contributed by atoms with Crippen LogP contribution >= 0.6 is 0 Å². The van der Waals surface area contributed by atoms with E-state index < -0.39 is 11.7 Å². The van der Waals surface area contributed by atoms with E-state index in [2.05, 4.69) is 0 Å². The molecule has 98 valence electrons. The number of benzene rings is 1. The first-order valence-electron chi connectivity index (χ1n) is 5.19. The summed E-state index contributed by atoms with van der Waals surface area (Å²) in [6.07, 6.45) is -4.43. The van der Waals surface area contributed by atoms with Crippen LogP contribution in [-0.4, -0.2) is 18.7 Å². The van der Waals surface area contributed by atoms with Crippen LogP contribution in [0.15, 0.2) is 24.3 Å². The van der Waals surface area contributed by atoms with Gasteiger partial charge in [-0.3, -0.25) is 4.79 Å². The standard InChI is InChI=1S/C12H13F3N2O/c1-8(16)7-11(18)17(2)10-5-3-9(4-6-10)12(13,14)15/h3-6,16H,7H2,1-2H3. The molecule has 1 rings (SSSR count). The molecule has 6 heteroatoms. The first-order chi connectivity index (χ1) is 8.21. The number of nitrogens with zero attached hydrogens (tertiary/aromatic N) is 1. The highest BCUT2D eigenvalue weighted by Gasteiger charge is 2.30. The van der Waals surface area contributed by atoms with Crippen molar-refractivity contribution in [2.75, 3.05) is 11.9 Å². The molecular weight excluding hydrogens is 245 g/mol. The first-order valence-corrected chi connectivity index (χ1v) is 5.19. The largest absolute Gasteiger partial charge is 0.416 e. The number of halogens is 3. The van der Waals surface area contributed by atoms with Crippen LogP contribution in [0.3, 0.4) is 0 Å². The van der Waals surface area contributed by atoms with E-state index >= 15 is 0 Å². The van der Waals surface area contributed by atoms with Crippen LogP contribution in [-0.2, 0) is 11.0 Å². The van der Waals surface area contributed by atoms with E-state index in [9.17, 15) is 18.0 Å². The lowest BCUT2D eigenvalue weighted by molar-refractivity contribution is -0.137. The van der Waals surface area contributed by atoms with Gasteiger partial charge in [-0.05, 0) is 31.2 Å². The Kier molecular flexibility index (Phi) is 4.11. The number of amides is 1. The number of carbonyl (C=O) groups is 1. The number of carbonyl (C=O) groups excluding carboxylic acids is 1. The molecule has 0 saturated heterocycles. The summed E-state index contributed by atoms with van der Waals surface area (Å²) in [4.78, 5) is 12.8. The minimum absolute atomic E-state index is 0.0441. The number of rotatable bonds is 3. The normalized spacial score (nSPS) is 11.2. The lowest BCUT2D eigenvalue weighted by atomic mass is 10.2. The molecule has 1 aromatic rings. The maximum absolute atomic E-state index is 12.3. The van der Waals surface area contributed by atoms with Crippen molar-refractivity contribution in [2.24, 2.45) is 0 Å². The van der Waals surface area contributed by atoms with Gasteiger partial charge < -0.3 is 10.3 Å². The Morgan fingerprint density at radius 1 is 1.28 bits per heavy atom. The average Bonchev–Trinajstić information content (AvgIpc) is 2.26. The topological polar surface area (TPSA) is 44.2 Å². The fourth-order valence-electron chi connectivity index (χ4n) is 1.36. The Morgan fingerprint density at radius 2 is 1.78 bits per heavy atom. The molecule has 0 aliphatic heterocycles. The van der Waals surface area contributed by atoms with Crippen molar-refractivity contribution >= 4 is 17.3 Å². The quantitative estimate of drug-likeness (QED) is 0.832. The van der Waals surface area contributed by atoms with E-state index in [1.807, 2.05) is 0 Å². The molecule has 0 aromatic heterocycles. The number of hydrogen-bond donors (Lipinski definition) is 1. The van der Waals surface area contributed by atoms with Gasteiger partial charge in [0, 0.05) is 18.4 Å². The van der Waals surface area contributed by atoms with Gasteiger partial charge in [-0.25, -0.2) is 0 Å². The smallest absolute Gasteiger partial charge is 0.315 e. The van der Waals surface area contributed by atoms with Crippen LogP contribution in [0.2, 0.25) is 0 Å². The van der Waals surface area contributed by atoms with Gasteiger partial charge in [0.2, 0.25) is 5.91 Å². The Balaban J connectivity index is 2.85. The Morgan fingerprint density at radius 3 is 2.17 bits per heavy atom. The second kappa shape index (κ2) is 5.20. The second-order valence-electron chi connectivity index (χ2n) is 3.95. The SMILES string of the molecule is CC(=N)CC(=O)N(C)c1ccc(C(F)(F)F)cc1. The molecule has 0 heterocycles. The molecule has 0 bridgehead atoms. The predicted molar refractivity (Wildman–Crippen MR) is 62.9 cm³/mol. The highest BCUT2D eigenvalue weighted by Crippen LogP contribution is 2.30. The molecule has 0 radical (unpaired) electrons. The van der Waals surface area contributed by atoms with Crippen molar-refractivity contribution in [1.29, 1.82) is 5.41 Å². The minimum atomic E-state index is -4.38. The molecule has 1 amide bonds. The van der Waals surface area contributed by atoms with E-state index in [0.29, 0.717) is 5.69 Å². The summed E-state index contributed by atoms with van der Waals surface area (Å²) < 4.78 is 37.0. The molecule has 0 spiro atoms. The van der Waals surface area contributed by atoms with Gasteiger partial charge in [-0.2, -0.15) is 13.2 Å². The van der Waals surface area contributed by atoms with Crippen molar-refractivity contribution in [3.63, 3.8) is 0 Å². The average molecular weight is 258 g/mol. The van der Waals surface area contributed by atoms with Crippen LogP contribution in [0.4, 0.5) is 18.9 Å². The maximum atomic E-state index is 12.3. The minimum Gasteiger partial charge on any atom is -0.315 e. The highest BCUT2D eigenvalue weighted by molar-refractivity contribution is 6.05. The summed E-state index contributed by atoms with van der Waals surface area (Å²) in [5, 5.41) is 7.20. The van der Waals surface area contributed by atoms with Gasteiger partial charge in [-0.15, -0.1) is 0 Å². The van der Waals surface area contributed by atoms with Crippen LogP contribution in [0.5, 0.6) is 0 Å². The Hall–Kier alpha value is -1.85. The number of alkyl halides is 3. The maximum Gasteiger partial charge on any atom is 0.416 e. The van der Waals surface area contributed by atoms with E-state index in [4.69, 9.17) is 5.41 Å². The van der Waals surface area contributed by atoms with Crippen LogP contribution in [0, 0.1) is 5.41 Å². The van der Waals surface area contributed by atoms with Crippen molar-refractivity contribution in [3.8, 4) is 0 Å². The highest BCUT2D eigenvalue weighted by atomic mass is 19.4. The van der Waals surface area contributed by atoms with Gasteiger partial charge in [0.05, 0.1) is 12.0 Å². The predicted octanol–water partition coefficient (Wildman–Crippen LogP) is 3.10. The van der Waals surface area contributed by atoms with Crippen molar-refractivity contribution in [3.05, 3.63) is 29.8 Å². The zero-order chi connectivity index (χ0) is 13.9. The van der Waals surface area contributed by atoms with E-state index in [1.165, 1.54) is 31.0 Å². The molecule has 1 N–H and O–H groups in total. The first kappa shape index (κ1) is 14.2. The lowest BCUT2D eigenvalue weighted by Crippen LogP contribution is -2.27. The van der Waals surface area contributed by atoms with Crippen LogP contribution < -0.4 is 4.90 Å². The van der Waals surface area contributed by atoms with Crippen LogP contribution in [0.1, 0.15) is 18.9 Å². The Labute approximate surface area is 103 Å². The van der Waals surface area contributed by atoms with Gasteiger partial charge in [0.1, 0.15) is 0 Å². The molecule has 3 nitrogen and oxygen atoms in total. The summed E-state index contributed by atoms with van der Waals surface area (Å²) in [5.41, 5.74) is -0.177.